The van der Waals surface area contributed by atoms with Gasteiger partial charge in [0.15, 0.2) is 0 Å². The minimum Gasteiger partial charge on any atom is -0.330 e. The minimum absolute atomic E-state index is 0.0538. The molecule has 0 radical (unpaired) electrons. The summed E-state index contributed by atoms with van der Waals surface area (Å²) in [5.74, 6) is 0. The number of nitrogens with two attached hydrogens (primary N) is 1. The molecule has 0 atom stereocenters. The maximum atomic E-state index is 10.6. The average Bonchev–Trinajstić information content (AvgIpc) is 2.78. The van der Waals surface area contributed by atoms with E-state index in [1.807, 2.05) is 0 Å². The number of benzene rings is 1. The molecule has 88 valence electrons. The van der Waals surface area contributed by atoms with Gasteiger partial charge in [-0.2, -0.15) is 0 Å². The number of hydrogen-bond donors (Lipinski definition) is 1. The Morgan fingerprint density at radius 2 is 2.24 bits per heavy atom. The highest BCUT2D eigenvalue weighted by Crippen LogP contribution is 2.26. The summed E-state index contributed by atoms with van der Waals surface area (Å²) < 4.78 is 0. The van der Waals surface area contributed by atoms with Crippen molar-refractivity contribution in [3.63, 3.8) is 0 Å². The Morgan fingerprint density at radius 1 is 1.41 bits per heavy atom. The molecule has 2 rings (SSSR count). The number of nitro benzene ring substituents is 1. The summed E-state index contributed by atoms with van der Waals surface area (Å²) >= 11 is 1.41. The molecule has 17 heavy (non-hydrogen) atoms. The summed E-state index contributed by atoms with van der Waals surface area (Å²) in [5, 5.41) is 20.1. The summed E-state index contributed by atoms with van der Waals surface area (Å²) in [6.07, 6.45) is 0.673. The van der Waals surface area contributed by atoms with Crippen LogP contribution < -0.4 is 5.73 Å². The number of hydrogen-bond acceptors (Lipinski definition) is 6. The van der Waals surface area contributed by atoms with Crippen LogP contribution >= 0.6 is 11.3 Å². The van der Waals surface area contributed by atoms with Crippen LogP contribution in [0.3, 0.4) is 0 Å². The van der Waals surface area contributed by atoms with Gasteiger partial charge in [0, 0.05) is 24.1 Å². The lowest BCUT2D eigenvalue weighted by Crippen LogP contribution is -2.01. The largest absolute Gasteiger partial charge is 0.330 e. The van der Waals surface area contributed by atoms with Crippen LogP contribution in [0.5, 0.6) is 0 Å². The van der Waals surface area contributed by atoms with E-state index in [0.717, 1.165) is 5.01 Å². The molecule has 0 aliphatic carbocycles. The fraction of sp³-hybridized carbons (Fsp3) is 0.200. The Kier molecular flexibility index (Phi) is 3.40. The normalized spacial score (nSPS) is 10.4. The Hall–Kier alpha value is -1.86. The first kappa shape index (κ1) is 11.6. The third-order valence-corrected chi connectivity index (χ3v) is 3.16. The zero-order chi connectivity index (χ0) is 12.3. The second-order valence-corrected chi connectivity index (χ2v) is 4.41. The van der Waals surface area contributed by atoms with E-state index in [-0.39, 0.29) is 5.69 Å². The van der Waals surface area contributed by atoms with Gasteiger partial charge in [-0.15, -0.1) is 10.2 Å². The zero-order valence-electron chi connectivity index (χ0n) is 8.87. The molecule has 1 aromatic carbocycles. The third-order valence-electron chi connectivity index (χ3n) is 2.13. The van der Waals surface area contributed by atoms with Crippen molar-refractivity contribution in [2.75, 3.05) is 6.54 Å². The van der Waals surface area contributed by atoms with Crippen LogP contribution in [0.15, 0.2) is 24.3 Å². The van der Waals surface area contributed by atoms with Crippen LogP contribution in [0, 0.1) is 10.1 Å². The minimum atomic E-state index is -0.425. The van der Waals surface area contributed by atoms with Crippen LogP contribution in [-0.2, 0) is 6.42 Å². The number of aromatic nitrogens is 2. The fourth-order valence-corrected chi connectivity index (χ4v) is 2.20. The summed E-state index contributed by atoms with van der Waals surface area (Å²) in [6, 6.07) is 6.36. The smallest absolute Gasteiger partial charge is 0.270 e. The Labute approximate surface area is 101 Å². The first-order valence-electron chi connectivity index (χ1n) is 4.98. The van der Waals surface area contributed by atoms with Crippen molar-refractivity contribution < 1.29 is 4.92 Å². The second-order valence-electron chi connectivity index (χ2n) is 3.35. The summed E-state index contributed by atoms with van der Waals surface area (Å²) in [5.41, 5.74) is 6.18. The van der Waals surface area contributed by atoms with Crippen molar-refractivity contribution in [3.8, 4) is 10.6 Å². The number of non-ortho nitro benzene ring substituents is 1. The molecule has 0 amide bonds. The molecule has 0 bridgehead atoms. The number of rotatable bonds is 4. The van der Waals surface area contributed by atoms with Gasteiger partial charge in [-0.25, -0.2) is 0 Å². The van der Waals surface area contributed by atoms with Crippen molar-refractivity contribution in [1.82, 2.24) is 10.2 Å². The van der Waals surface area contributed by atoms with Gasteiger partial charge < -0.3 is 5.73 Å². The van der Waals surface area contributed by atoms with Crippen molar-refractivity contribution in [2.24, 2.45) is 5.73 Å². The molecule has 0 fully saturated rings. The van der Waals surface area contributed by atoms with Gasteiger partial charge in [-0.1, -0.05) is 23.5 Å². The molecule has 1 aromatic heterocycles. The highest BCUT2D eigenvalue weighted by molar-refractivity contribution is 7.14. The standard InChI is InChI=1S/C10H10N4O2S/c11-5-4-9-12-13-10(17-9)7-2-1-3-8(6-7)14(15)16/h1-3,6H,4-5,11H2. The van der Waals surface area contributed by atoms with Crippen LogP contribution in [0.4, 0.5) is 5.69 Å². The lowest BCUT2D eigenvalue weighted by atomic mass is 10.2. The van der Waals surface area contributed by atoms with Gasteiger partial charge >= 0.3 is 0 Å². The molecule has 0 aliphatic heterocycles. The second kappa shape index (κ2) is 4.98. The molecule has 0 unspecified atom stereocenters. The molecule has 7 heteroatoms. The Bertz CT molecular complexity index is 541. The highest BCUT2D eigenvalue weighted by Gasteiger charge is 2.10. The molecule has 2 aromatic rings. The molecule has 1 heterocycles. The quantitative estimate of drug-likeness (QED) is 0.657. The summed E-state index contributed by atoms with van der Waals surface area (Å²) in [6.45, 7) is 0.517. The molecule has 0 aliphatic rings. The topological polar surface area (TPSA) is 94.9 Å². The molecule has 0 saturated carbocycles. The molecule has 6 nitrogen and oxygen atoms in total. The molecular weight excluding hydrogens is 240 g/mol. The Morgan fingerprint density at radius 3 is 2.94 bits per heavy atom. The van der Waals surface area contributed by atoms with Crippen molar-refractivity contribution in [3.05, 3.63) is 39.4 Å². The lowest BCUT2D eigenvalue weighted by molar-refractivity contribution is -0.384. The molecular formula is C10H10N4O2S. The van der Waals surface area contributed by atoms with Gasteiger partial charge in [0.2, 0.25) is 0 Å². The van der Waals surface area contributed by atoms with Crippen molar-refractivity contribution in [1.29, 1.82) is 0 Å². The summed E-state index contributed by atoms with van der Waals surface area (Å²) in [4.78, 5) is 10.2. The van der Waals surface area contributed by atoms with Gasteiger partial charge in [0.1, 0.15) is 10.0 Å². The van der Waals surface area contributed by atoms with E-state index in [2.05, 4.69) is 10.2 Å². The van der Waals surface area contributed by atoms with Crippen LogP contribution in [0.25, 0.3) is 10.6 Å². The maximum Gasteiger partial charge on any atom is 0.270 e. The van der Waals surface area contributed by atoms with Gasteiger partial charge in [0.05, 0.1) is 4.92 Å². The Balaban J connectivity index is 2.32. The maximum absolute atomic E-state index is 10.6. The molecule has 2 N–H and O–H groups in total. The van der Waals surface area contributed by atoms with E-state index in [1.54, 1.807) is 12.1 Å². The van der Waals surface area contributed by atoms with E-state index in [4.69, 9.17) is 5.73 Å². The monoisotopic (exact) mass is 250 g/mol. The van der Waals surface area contributed by atoms with Gasteiger partial charge in [-0.05, 0) is 6.54 Å². The van der Waals surface area contributed by atoms with Crippen LogP contribution in [0.2, 0.25) is 0 Å². The predicted molar refractivity (Wildman–Crippen MR) is 64.8 cm³/mol. The third kappa shape index (κ3) is 2.63. The molecule has 0 spiro atoms. The van der Waals surface area contributed by atoms with E-state index < -0.39 is 4.92 Å². The lowest BCUT2D eigenvalue weighted by Gasteiger charge is -1.94. The molecule has 0 saturated heterocycles. The predicted octanol–water partition coefficient (Wildman–Crippen LogP) is 1.61. The van der Waals surface area contributed by atoms with Gasteiger partial charge in [0.25, 0.3) is 5.69 Å². The SMILES string of the molecule is NCCc1nnc(-c2cccc([N+](=O)[O-])c2)s1. The van der Waals surface area contributed by atoms with Crippen molar-refractivity contribution >= 4 is 17.0 Å². The fourth-order valence-electron chi connectivity index (χ4n) is 1.35. The van der Waals surface area contributed by atoms with E-state index >= 15 is 0 Å². The van der Waals surface area contributed by atoms with E-state index in [9.17, 15) is 10.1 Å². The van der Waals surface area contributed by atoms with Crippen LogP contribution in [0.1, 0.15) is 5.01 Å². The van der Waals surface area contributed by atoms with Gasteiger partial charge in [-0.3, -0.25) is 10.1 Å². The number of nitro groups is 1. The first-order chi connectivity index (χ1) is 8.20. The van der Waals surface area contributed by atoms with Crippen LogP contribution in [-0.4, -0.2) is 21.7 Å². The first-order valence-corrected chi connectivity index (χ1v) is 5.79. The zero-order valence-corrected chi connectivity index (χ0v) is 9.68. The van der Waals surface area contributed by atoms with E-state index in [1.165, 1.54) is 23.5 Å². The van der Waals surface area contributed by atoms with E-state index in [0.29, 0.717) is 23.5 Å². The number of nitrogens with zero attached hydrogens (tertiary/aromatic N) is 3. The van der Waals surface area contributed by atoms with Crippen molar-refractivity contribution in [2.45, 2.75) is 6.42 Å². The highest BCUT2D eigenvalue weighted by atomic mass is 32.1. The summed E-state index contributed by atoms with van der Waals surface area (Å²) in [7, 11) is 0. The average molecular weight is 250 g/mol.